The number of aryl methyl sites for hydroxylation is 2. The molecule has 1 aliphatic heterocycles. The van der Waals surface area contributed by atoms with Gasteiger partial charge >= 0.3 is 0 Å². The van der Waals surface area contributed by atoms with Crippen molar-refractivity contribution < 1.29 is 13.2 Å². The van der Waals surface area contributed by atoms with Gasteiger partial charge in [0.1, 0.15) is 11.1 Å². The van der Waals surface area contributed by atoms with Gasteiger partial charge in [0, 0.05) is 19.0 Å². The minimum Gasteiger partial charge on any atom is -0.295 e. The van der Waals surface area contributed by atoms with Crippen LogP contribution in [0.2, 0.25) is 0 Å². The molecule has 1 saturated heterocycles. The molecule has 1 atom stereocenters. The molecule has 0 bridgehead atoms. The molecule has 2 heterocycles. The Hall–Kier alpha value is -2.19. The molecule has 1 aromatic carbocycles. The fraction of sp³-hybridized carbons (Fsp3) is 0.333. The van der Waals surface area contributed by atoms with Crippen LogP contribution in [0.15, 0.2) is 30.3 Å². The third kappa shape index (κ3) is 2.99. The Kier molecular flexibility index (Phi) is 3.73. The van der Waals surface area contributed by atoms with Crippen LogP contribution in [0, 0.1) is 13.8 Å². The third-order valence-electron chi connectivity index (χ3n) is 3.92. The highest BCUT2D eigenvalue weighted by atomic mass is 32.2. The van der Waals surface area contributed by atoms with Crippen molar-refractivity contribution in [1.82, 2.24) is 9.78 Å². The molecule has 3 rings (SSSR count). The van der Waals surface area contributed by atoms with Gasteiger partial charge in [-0.2, -0.15) is 5.10 Å². The molecule has 1 amide bonds. The minimum atomic E-state index is -3.74. The lowest BCUT2D eigenvalue weighted by Gasteiger charge is -2.17. The van der Waals surface area contributed by atoms with Gasteiger partial charge in [0.15, 0.2) is 0 Å². The predicted octanol–water partition coefficient (Wildman–Crippen LogP) is 0.883. The summed E-state index contributed by atoms with van der Waals surface area (Å²) in [5.41, 5.74) is 2.67. The highest BCUT2D eigenvalue weighted by molar-refractivity contribution is 7.89. The van der Waals surface area contributed by atoms with Crippen LogP contribution in [0.25, 0.3) is 5.69 Å². The standard InChI is InChI=1S/C15H18N4O3S/c1-10-3-5-12(6-4-10)19-14(7-11(2)17-19)18-9-13(8-15(18)20)23(16,21)22/h3-7,13H,8-9H2,1-2H3,(H2,16,21,22). The van der Waals surface area contributed by atoms with Crippen LogP contribution >= 0.6 is 0 Å². The quantitative estimate of drug-likeness (QED) is 0.901. The number of carbonyl (C=O) groups excluding carboxylic acids is 1. The zero-order chi connectivity index (χ0) is 16.8. The smallest absolute Gasteiger partial charge is 0.229 e. The molecule has 1 aromatic heterocycles. The number of anilines is 1. The van der Waals surface area contributed by atoms with Gasteiger partial charge < -0.3 is 0 Å². The Balaban J connectivity index is 2.01. The summed E-state index contributed by atoms with van der Waals surface area (Å²) in [4.78, 5) is 13.7. The highest BCUT2D eigenvalue weighted by Crippen LogP contribution is 2.27. The Morgan fingerprint density at radius 2 is 1.87 bits per heavy atom. The van der Waals surface area contributed by atoms with Gasteiger partial charge in [-0.1, -0.05) is 17.7 Å². The summed E-state index contributed by atoms with van der Waals surface area (Å²) in [6.07, 6.45) is -0.100. The van der Waals surface area contributed by atoms with E-state index >= 15 is 0 Å². The van der Waals surface area contributed by atoms with E-state index in [9.17, 15) is 13.2 Å². The van der Waals surface area contributed by atoms with Crippen molar-refractivity contribution in [3.05, 3.63) is 41.6 Å². The Labute approximate surface area is 134 Å². The van der Waals surface area contributed by atoms with Crippen molar-refractivity contribution >= 4 is 21.7 Å². The number of carbonyl (C=O) groups is 1. The molecule has 0 aliphatic carbocycles. The second-order valence-corrected chi connectivity index (χ2v) is 7.66. The summed E-state index contributed by atoms with van der Waals surface area (Å²) in [6, 6.07) is 9.49. The number of hydrogen-bond acceptors (Lipinski definition) is 4. The largest absolute Gasteiger partial charge is 0.295 e. The van der Waals surface area contributed by atoms with Gasteiger partial charge in [-0.25, -0.2) is 18.2 Å². The number of nitrogens with zero attached hydrogens (tertiary/aromatic N) is 3. The van der Waals surface area contributed by atoms with Crippen molar-refractivity contribution in [2.75, 3.05) is 11.4 Å². The molecule has 1 fully saturated rings. The molecule has 122 valence electrons. The number of primary sulfonamides is 1. The van der Waals surface area contributed by atoms with Crippen LogP contribution in [0.5, 0.6) is 0 Å². The molecule has 23 heavy (non-hydrogen) atoms. The summed E-state index contributed by atoms with van der Waals surface area (Å²) in [7, 11) is -3.74. The molecule has 2 aromatic rings. The molecular weight excluding hydrogens is 316 g/mol. The molecule has 2 N–H and O–H groups in total. The van der Waals surface area contributed by atoms with Crippen LogP contribution in [0.3, 0.4) is 0 Å². The predicted molar refractivity (Wildman–Crippen MR) is 86.9 cm³/mol. The van der Waals surface area contributed by atoms with E-state index in [1.165, 1.54) is 4.90 Å². The van der Waals surface area contributed by atoms with Gasteiger partial charge in [-0.3, -0.25) is 9.69 Å². The lowest BCUT2D eigenvalue weighted by atomic mass is 10.2. The minimum absolute atomic E-state index is 0.0503. The number of rotatable bonds is 3. The lowest BCUT2D eigenvalue weighted by Crippen LogP contribution is -2.32. The topological polar surface area (TPSA) is 98.3 Å². The zero-order valence-corrected chi connectivity index (χ0v) is 13.7. The molecule has 1 aliphatic rings. The Bertz CT molecular complexity index is 855. The molecule has 1 unspecified atom stereocenters. The van der Waals surface area contributed by atoms with E-state index in [0.29, 0.717) is 5.82 Å². The molecule has 0 spiro atoms. The summed E-state index contributed by atoms with van der Waals surface area (Å²) < 4.78 is 24.7. The summed E-state index contributed by atoms with van der Waals surface area (Å²) >= 11 is 0. The number of sulfonamides is 1. The monoisotopic (exact) mass is 334 g/mol. The van der Waals surface area contributed by atoms with E-state index in [-0.39, 0.29) is 18.9 Å². The van der Waals surface area contributed by atoms with E-state index in [1.807, 2.05) is 38.1 Å². The van der Waals surface area contributed by atoms with Crippen LogP contribution < -0.4 is 10.0 Å². The summed E-state index contributed by atoms with van der Waals surface area (Å²) in [5, 5.41) is 8.73. The van der Waals surface area contributed by atoms with Gasteiger partial charge in [0.05, 0.1) is 11.4 Å². The molecule has 0 saturated carbocycles. The van der Waals surface area contributed by atoms with Crippen molar-refractivity contribution in [3.8, 4) is 5.69 Å². The van der Waals surface area contributed by atoms with Crippen LogP contribution in [0.1, 0.15) is 17.7 Å². The first-order valence-electron chi connectivity index (χ1n) is 7.21. The number of benzene rings is 1. The molecule has 8 heteroatoms. The van der Waals surface area contributed by atoms with E-state index in [1.54, 1.807) is 10.7 Å². The van der Waals surface area contributed by atoms with Crippen LogP contribution in [0.4, 0.5) is 5.82 Å². The first-order valence-corrected chi connectivity index (χ1v) is 8.82. The average molecular weight is 334 g/mol. The van der Waals surface area contributed by atoms with Crippen molar-refractivity contribution in [3.63, 3.8) is 0 Å². The van der Waals surface area contributed by atoms with Crippen LogP contribution in [-0.2, 0) is 14.8 Å². The second-order valence-electron chi connectivity index (χ2n) is 5.81. The number of hydrogen-bond donors (Lipinski definition) is 1. The normalized spacial score (nSPS) is 18.7. The van der Waals surface area contributed by atoms with Gasteiger partial charge in [-0.15, -0.1) is 0 Å². The van der Waals surface area contributed by atoms with E-state index < -0.39 is 15.3 Å². The fourth-order valence-electron chi connectivity index (χ4n) is 2.67. The summed E-state index contributed by atoms with van der Waals surface area (Å²) in [5.74, 6) is 0.291. The summed E-state index contributed by atoms with van der Waals surface area (Å²) in [6.45, 7) is 3.86. The maximum atomic E-state index is 12.2. The number of amides is 1. The van der Waals surface area contributed by atoms with Crippen LogP contribution in [-0.4, -0.2) is 35.9 Å². The maximum absolute atomic E-state index is 12.2. The molecule has 0 radical (unpaired) electrons. The second kappa shape index (κ2) is 5.47. The van der Waals surface area contributed by atoms with Crippen molar-refractivity contribution in [2.24, 2.45) is 5.14 Å². The SMILES string of the molecule is Cc1ccc(-n2nc(C)cc2N2CC(S(N)(=O)=O)CC2=O)cc1. The Morgan fingerprint density at radius 1 is 1.22 bits per heavy atom. The van der Waals surface area contributed by atoms with E-state index in [0.717, 1.165) is 16.9 Å². The van der Waals surface area contributed by atoms with E-state index in [2.05, 4.69) is 5.10 Å². The van der Waals surface area contributed by atoms with Crippen molar-refractivity contribution in [2.45, 2.75) is 25.5 Å². The lowest BCUT2D eigenvalue weighted by molar-refractivity contribution is -0.117. The maximum Gasteiger partial charge on any atom is 0.229 e. The van der Waals surface area contributed by atoms with Gasteiger partial charge in [0.2, 0.25) is 15.9 Å². The highest BCUT2D eigenvalue weighted by Gasteiger charge is 2.38. The first-order chi connectivity index (χ1) is 10.8. The first kappa shape index (κ1) is 15.7. The third-order valence-corrected chi connectivity index (χ3v) is 5.17. The zero-order valence-electron chi connectivity index (χ0n) is 12.9. The van der Waals surface area contributed by atoms with Crippen molar-refractivity contribution in [1.29, 1.82) is 0 Å². The van der Waals surface area contributed by atoms with Gasteiger partial charge in [-0.05, 0) is 26.0 Å². The fourth-order valence-corrected chi connectivity index (χ4v) is 3.40. The molecular formula is C15H18N4O3S. The molecule has 7 nitrogen and oxygen atoms in total. The van der Waals surface area contributed by atoms with E-state index in [4.69, 9.17) is 5.14 Å². The number of nitrogens with two attached hydrogens (primary N) is 1. The van der Waals surface area contributed by atoms with Gasteiger partial charge in [0.25, 0.3) is 0 Å². The Morgan fingerprint density at radius 3 is 2.43 bits per heavy atom. The number of aromatic nitrogens is 2. The average Bonchev–Trinajstić information content (AvgIpc) is 3.02.